The second-order valence-electron chi connectivity index (χ2n) is 2.23. The highest BCUT2D eigenvalue weighted by molar-refractivity contribution is 5.52. The third-order valence-electron chi connectivity index (χ3n) is 1.43. The van der Waals surface area contributed by atoms with Crippen LogP contribution in [0.25, 0.3) is 11.4 Å². The maximum atomic E-state index is 4.02. The number of rotatable bonds is 1. The molecule has 2 nitrogen and oxygen atoms in total. The second-order valence-corrected chi connectivity index (χ2v) is 2.23. The zero-order chi connectivity index (χ0) is 8.23. The molecule has 0 bridgehead atoms. The van der Waals surface area contributed by atoms with E-state index in [1.54, 1.807) is 18.2 Å². The fraction of sp³-hybridized carbons (Fsp3) is 0. The highest BCUT2D eigenvalue weighted by Gasteiger charge is 1.96. The molecule has 0 aliphatic heterocycles. The molecule has 0 fully saturated rings. The van der Waals surface area contributed by atoms with Crippen LogP contribution in [0.15, 0.2) is 30.3 Å². The van der Waals surface area contributed by atoms with Gasteiger partial charge in [-0.15, -0.1) is 0 Å². The van der Waals surface area contributed by atoms with E-state index in [4.69, 9.17) is 0 Å². The van der Waals surface area contributed by atoms with E-state index < -0.39 is 0 Å². The lowest BCUT2D eigenvalue weighted by molar-refractivity contribution is 1.23. The van der Waals surface area contributed by atoms with Gasteiger partial charge >= 0.3 is 0 Å². The van der Waals surface area contributed by atoms with Crippen molar-refractivity contribution in [2.75, 3.05) is 0 Å². The van der Waals surface area contributed by atoms with E-state index in [0.717, 1.165) is 11.4 Å². The molecule has 0 aliphatic carbocycles. The molecule has 0 aliphatic rings. The lowest BCUT2D eigenvalue weighted by atomic mass is 10.2. The molecule has 0 saturated carbocycles. The van der Waals surface area contributed by atoms with Gasteiger partial charge < -0.3 is 0 Å². The molecule has 12 heavy (non-hydrogen) atoms. The first-order valence-corrected chi connectivity index (χ1v) is 3.54. The van der Waals surface area contributed by atoms with E-state index in [0.29, 0.717) is 0 Å². The first kappa shape index (κ1) is 6.98. The molecule has 2 heterocycles. The van der Waals surface area contributed by atoms with Gasteiger partial charge in [0.1, 0.15) is 0 Å². The van der Waals surface area contributed by atoms with Crippen molar-refractivity contribution in [3.05, 3.63) is 48.8 Å². The highest BCUT2D eigenvalue weighted by atomic mass is 14.7. The summed E-state index contributed by atoms with van der Waals surface area (Å²) in [5.41, 5.74) is 1.57. The van der Waals surface area contributed by atoms with Gasteiger partial charge in [0.2, 0.25) is 0 Å². The molecule has 2 heteroatoms. The minimum absolute atomic E-state index is 0.773. The number of pyridine rings is 2. The molecule has 0 aromatic carbocycles. The molecule has 2 aromatic rings. The monoisotopic (exact) mass is 153 g/mol. The summed E-state index contributed by atoms with van der Waals surface area (Å²) in [5.74, 6) is 0. The van der Waals surface area contributed by atoms with E-state index in [9.17, 15) is 0 Å². The Morgan fingerprint density at radius 2 is 2.00 bits per heavy atom. The summed E-state index contributed by atoms with van der Waals surface area (Å²) in [4.78, 5) is 8.03. The average molecular weight is 153 g/mol. The van der Waals surface area contributed by atoms with Crippen molar-refractivity contribution in [1.29, 1.82) is 0 Å². The molecule has 0 atom stereocenters. The first-order chi connectivity index (χ1) is 5.97. The quantitative estimate of drug-likeness (QED) is 0.621. The van der Waals surface area contributed by atoms with Crippen LogP contribution in [0, 0.1) is 18.5 Å². The molecular formula is C10H5N2. The minimum atomic E-state index is 0.773. The summed E-state index contributed by atoms with van der Waals surface area (Å²) >= 11 is 0. The summed E-state index contributed by atoms with van der Waals surface area (Å²) < 4.78 is 0. The Morgan fingerprint density at radius 1 is 1.08 bits per heavy atom. The number of aromatic nitrogens is 2. The van der Waals surface area contributed by atoms with Crippen LogP contribution < -0.4 is 0 Å². The zero-order valence-corrected chi connectivity index (χ0v) is 6.28. The van der Waals surface area contributed by atoms with E-state index >= 15 is 0 Å². The number of nitrogens with zero attached hydrogens (tertiary/aromatic N) is 2. The molecular weight excluding hydrogens is 148 g/mol. The molecule has 2 rings (SSSR count). The molecule has 0 saturated heterocycles. The van der Waals surface area contributed by atoms with Crippen LogP contribution in [0.2, 0.25) is 0 Å². The Hall–Kier alpha value is -1.70. The number of hydrogen-bond donors (Lipinski definition) is 0. The maximum absolute atomic E-state index is 4.02. The van der Waals surface area contributed by atoms with Gasteiger partial charge in [-0.1, -0.05) is 6.07 Å². The van der Waals surface area contributed by atoms with Gasteiger partial charge in [-0.2, -0.15) is 0 Å². The average Bonchev–Trinajstić information content (AvgIpc) is 2.21. The fourth-order valence-electron chi connectivity index (χ4n) is 0.892. The van der Waals surface area contributed by atoms with E-state index in [-0.39, 0.29) is 0 Å². The van der Waals surface area contributed by atoms with Gasteiger partial charge in [0.05, 0.1) is 23.8 Å². The van der Waals surface area contributed by atoms with Crippen LogP contribution in [-0.2, 0) is 0 Å². The fourth-order valence-corrected chi connectivity index (χ4v) is 0.892. The Bertz CT molecular complexity index is 305. The van der Waals surface area contributed by atoms with E-state index in [2.05, 4.69) is 28.4 Å². The second kappa shape index (κ2) is 3.13. The lowest BCUT2D eigenvalue weighted by Gasteiger charge is -1.95. The molecule has 0 spiro atoms. The first-order valence-electron chi connectivity index (χ1n) is 3.54. The van der Waals surface area contributed by atoms with Crippen molar-refractivity contribution < 1.29 is 0 Å². The Morgan fingerprint density at radius 3 is 2.67 bits per heavy atom. The standard InChI is InChI=1S/C10H5N2/c1-3-7-11-9(5-1)10-6-2-4-8-12-10/h1,3-6H. The third kappa shape index (κ3) is 1.32. The van der Waals surface area contributed by atoms with Crippen LogP contribution in [-0.4, -0.2) is 9.97 Å². The van der Waals surface area contributed by atoms with Gasteiger partial charge in [0, 0.05) is 0 Å². The smallest absolute Gasteiger partial charge is 0.0901 e. The van der Waals surface area contributed by atoms with Crippen molar-refractivity contribution >= 4 is 0 Å². The normalized spacial score (nSPS) is 9.67. The predicted molar refractivity (Wildman–Crippen MR) is 44.0 cm³/mol. The maximum Gasteiger partial charge on any atom is 0.0901 e. The Balaban J connectivity index is 2.46. The van der Waals surface area contributed by atoms with Gasteiger partial charge in [0.15, 0.2) is 0 Å². The molecule has 0 N–H and O–H groups in total. The van der Waals surface area contributed by atoms with E-state index in [1.165, 1.54) is 0 Å². The Labute approximate surface area is 70.9 Å². The van der Waals surface area contributed by atoms with Gasteiger partial charge in [0.25, 0.3) is 0 Å². The van der Waals surface area contributed by atoms with E-state index in [1.807, 2.05) is 12.1 Å². The van der Waals surface area contributed by atoms with Crippen LogP contribution in [0.4, 0.5) is 0 Å². The van der Waals surface area contributed by atoms with Crippen LogP contribution in [0.3, 0.4) is 0 Å². The summed E-state index contributed by atoms with van der Waals surface area (Å²) in [6.45, 7) is 0. The summed E-state index contributed by atoms with van der Waals surface area (Å²) in [6.07, 6.45) is 5.44. The number of hydrogen-bond acceptors (Lipinski definition) is 2. The van der Waals surface area contributed by atoms with Crippen LogP contribution >= 0.6 is 0 Å². The minimum Gasteiger partial charge on any atom is -0.245 e. The third-order valence-corrected chi connectivity index (χ3v) is 1.43. The molecule has 55 valence electrons. The predicted octanol–water partition coefficient (Wildman–Crippen LogP) is 1.54. The van der Waals surface area contributed by atoms with Gasteiger partial charge in [-0.3, -0.25) is 0 Å². The zero-order valence-electron chi connectivity index (χ0n) is 6.28. The molecule has 0 amide bonds. The highest BCUT2D eigenvalue weighted by Crippen LogP contribution is 2.10. The van der Waals surface area contributed by atoms with Crippen molar-refractivity contribution in [3.63, 3.8) is 0 Å². The van der Waals surface area contributed by atoms with Crippen LogP contribution in [0.5, 0.6) is 0 Å². The van der Waals surface area contributed by atoms with Gasteiger partial charge in [-0.05, 0) is 30.3 Å². The SMILES string of the molecule is [c]1c[c]nc(-c2ccc[c]n2)c1. The van der Waals surface area contributed by atoms with Crippen LogP contribution in [0.1, 0.15) is 0 Å². The summed E-state index contributed by atoms with van der Waals surface area (Å²) in [6, 6.07) is 11.8. The Kier molecular flexibility index (Phi) is 1.82. The van der Waals surface area contributed by atoms with Crippen molar-refractivity contribution in [2.24, 2.45) is 0 Å². The topological polar surface area (TPSA) is 25.8 Å². The summed E-state index contributed by atoms with van der Waals surface area (Å²) in [5, 5.41) is 0. The van der Waals surface area contributed by atoms with Crippen molar-refractivity contribution in [2.45, 2.75) is 0 Å². The summed E-state index contributed by atoms with van der Waals surface area (Å²) in [7, 11) is 0. The van der Waals surface area contributed by atoms with Gasteiger partial charge in [-0.25, -0.2) is 9.97 Å². The molecule has 3 radical (unpaired) electrons. The molecule has 2 aromatic heterocycles. The van der Waals surface area contributed by atoms with Crippen molar-refractivity contribution in [1.82, 2.24) is 9.97 Å². The molecule has 0 unspecified atom stereocenters. The van der Waals surface area contributed by atoms with Crippen molar-refractivity contribution in [3.8, 4) is 11.4 Å². The largest absolute Gasteiger partial charge is 0.245 e. The lowest BCUT2D eigenvalue weighted by Crippen LogP contribution is -1.84.